The van der Waals surface area contributed by atoms with Gasteiger partial charge in [0.2, 0.25) is 5.91 Å². The van der Waals surface area contributed by atoms with Gasteiger partial charge in [0.05, 0.1) is 5.92 Å². The maximum Gasteiger partial charge on any atom is 0.306 e. The fraction of sp³-hybridized carbons (Fsp3) is 0.857. The summed E-state index contributed by atoms with van der Waals surface area (Å²) >= 11 is 0. The van der Waals surface area contributed by atoms with E-state index in [0.29, 0.717) is 25.9 Å². The molecule has 0 aliphatic heterocycles. The molecule has 19 heavy (non-hydrogen) atoms. The van der Waals surface area contributed by atoms with Crippen LogP contribution in [-0.2, 0) is 9.59 Å². The molecule has 0 aromatic carbocycles. The van der Waals surface area contributed by atoms with Crippen molar-refractivity contribution in [1.82, 2.24) is 5.32 Å². The third kappa shape index (κ3) is 4.20. The van der Waals surface area contributed by atoms with Crippen LogP contribution in [0.1, 0.15) is 51.9 Å². The SMILES string of the molecule is CCCC(CC1(C(=O)NCCN)CCCC1)C(=O)O. The van der Waals surface area contributed by atoms with Crippen molar-refractivity contribution in [3.05, 3.63) is 0 Å². The van der Waals surface area contributed by atoms with E-state index in [4.69, 9.17) is 5.73 Å². The Morgan fingerprint density at radius 1 is 1.37 bits per heavy atom. The molecule has 0 aromatic rings. The van der Waals surface area contributed by atoms with E-state index in [1.54, 1.807) is 0 Å². The molecule has 0 spiro atoms. The molecule has 0 bridgehead atoms. The van der Waals surface area contributed by atoms with Crippen LogP contribution in [0.25, 0.3) is 0 Å². The first kappa shape index (κ1) is 16.0. The van der Waals surface area contributed by atoms with E-state index in [9.17, 15) is 14.7 Å². The fourth-order valence-corrected chi connectivity index (χ4v) is 3.08. The zero-order chi connectivity index (χ0) is 14.3. The highest BCUT2D eigenvalue weighted by atomic mass is 16.4. The number of amides is 1. The zero-order valence-corrected chi connectivity index (χ0v) is 11.8. The highest BCUT2D eigenvalue weighted by Gasteiger charge is 2.43. The number of nitrogens with one attached hydrogen (secondary N) is 1. The Kier molecular flexibility index (Phi) is 6.28. The second kappa shape index (κ2) is 7.48. The van der Waals surface area contributed by atoms with Gasteiger partial charge in [-0.3, -0.25) is 9.59 Å². The molecule has 1 amide bonds. The maximum absolute atomic E-state index is 12.3. The molecule has 1 atom stereocenters. The molecule has 0 radical (unpaired) electrons. The largest absolute Gasteiger partial charge is 0.481 e. The summed E-state index contributed by atoms with van der Waals surface area (Å²) in [6.07, 6.45) is 5.56. The van der Waals surface area contributed by atoms with Gasteiger partial charge in [0, 0.05) is 18.5 Å². The molecule has 0 saturated heterocycles. The van der Waals surface area contributed by atoms with Crippen LogP contribution >= 0.6 is 0 Å². The smallest absolute Gasteiger partial charge is 0.306 e. The average Bonchev–Trinajstić information content (AvgIpc) is 2.85. The molecule has 0 heterocycles. The van der Waals surface area contributed by atoms with Crippen molar-refractivity contribution in [3.63, 3.8) is 0 Å². The number of carboxylic acids is 1. The van der Waals surface area contributed by atoms with Crippen LogP contribution in [-0.4, -0.2) is 30.1 Å². The van der Waals surface area contributed by atoms with Gasteiger partial charge in [-0.1, -0.05) is 26.2 Å². The van der Waals surface area contributed by atoms with Crippen molar-refractivity contribution in [2.45, 2.75) is 51.9 Å². The molecular formula is C14H26N2O3. The number of carboxylic acid groups (broad SMARTS) is 1. The van der Waals surface area contributed by atoms with Gasteiger partial charge in [0.15, 0.2) is 0 Å². The second-order valence-corrected chi connectivity index (χ2v) is 5.56. The van der Waals surface area contributed by atoms with Gasteiger partial charge in [-0.15, -0.1) is 0 Å². The first-order valence-electron chi connectivity index (χ1n) is 7.27. The minimum Gasteiger partial charge on any atom is -0.481 e. The highest BCUT2D eigenvalue weighted by Crippen LogP contribution is 2.44. The first-order valence-corrected chi connectivity index (χ1v) is 7.27. The Hall–Kier alpha value is -1.10. The summed E-state index contributed by atoms with van der Waals surface area (Å²) in [7, 11) is 0. The summed E-state index contributed by atoms with van der Waals surface area (Å²) in [5, 5.41) is 12.1. The minimum absolute atomic E-state index is 0.00203. The van der Waals surface area contributed by atoms with Crippen LogP contribution in [0.5, 0.6) is 0 Å². The van der Waals surface area contributed by atoms with Gasteiger partial charge in [-0.05, 0) is 25.7 Å². The van der Waals surface area contributed by atoms with E-state index < -0.39 is 17.3 Å². The topological polar surface area (TPSA) is 92.4 Å². The molecule has 1 rings (SSSR count). The quantitative estimate of drug-likeness (QED) is 0.623. The van der Waals surface area contributed by atoms with Crippen LogP contribution in [0.2, 0.25) is 0 Å². The fourth-order valence-electron chi connectivity index (χ4n) is 3.08. The van der Waals surface area contributed by atoms with E-state index in [-0.39, 0.29) is 5.91 Å². The van der Waals surface area contributed by atoms with Gasteiger partial charge in [-0.25, -0.2) is 0 Å². The number of carbonyl (C=O) groups is 2. The Morgan fingerprint density at radius 2 is 2.00 bits per heavy atom. The molecule has 4 N–H and O–H groups in total. The number of rotatable bonds is 8. The van der Waals surface area contributed by atoms with Crippen LogP contribution in [0.4, 0.5) is 0 Å². The summed E-state index contributed by atoms with van der Waals surface area (Å²) < 4.78 is 0. The predicted octanol–water partition coefficient (Wildman–Crippen LogP) is 1.51. The van der Waals surface area contributed by atoms with Gasteiger partial charge < -0.3 is 16.2 Å². The third-order valence-electron chi connectivity index (χ3n) is 4.10. The lowest BCUT2D eigenvalue weighted by molar-refractivity contribution is -0.144. The van der Waals surface area contributed by atoms with Crippen molar-refractivity contribution < 1.29 is 14.7 Å². The summed E-state index contributed by atoms with van der Waals surface area (Å²) in [5.74, 6) is -1.19. The van der Waals surface area contributed by atoms with Gasteiger partial charge >= 0.3 is 5.97 Å². The number of nitrogens with two attached hydrogens (primary N) is 1. The van der Waals surface area contributed by atoms with Crippen molar-refractivity contribution in [2.75, 3.05) is 13.1 Å². The van der Waals surface area contributed by atoms with E-state index in [0.717, 1.165) is 32.1 Å². The van der Waals surface area contributed by atoms with Gasteiger partial charge in [0.1, 0.15) is 0 Å². The van der Waals surface area contributed by atoms with Crippen LogP contribution in [0, 0.1) is 11.3 Å². The van der Waals surface area contributed by atoms with Crippen LogP contribution in [0.3, 0.4) is 0 Å². The number of hydrogen-bond donors (Lipinski definition) is 3. The Labute approximate surface area is 114 Å². The molecular weight excluding hydrogens is 244 g/mol. The number of hydrogen-bond acceptors (Lipinski definition) is 3. The monoisotopic (exact) mass is 270 g/mol. The highest BCUT2D eigenvalue weighted by molar-refractivity contribution is 5.83. The maximum atomic E-state index is 12.3. The lowest BCUT2D eigenvalue weighted by atomic mass is 9.75. The molecule has 5 nitrogen and oxygen atoms in total. The number of aliphatic carboxylic acids is 1. The van der Waals surface area contributed by atoms with Crippen molar-refractivity contribution in [1.29, 1.82) is 0 Å². The zero-order valence-electron chi connectivity index (χ0n) is 11.8. The van der Waals surface area contributed by atoms with Crippen molar-refractivity contribution in [3.8, 4) is 0 Å². The predicted molar refractivity (Wildman–Crippen MR) is 73.6 cm³/mol. The Morgan fingerprint density at radius 3 is 2.47 bits per heavy atom. The van der Waals surface area contributed by atoms with E-state index >= 15 is 0 Å². The van der Waals surface area contributed by atoms with E-state index in [1.165, 1.54) is 0 Å². The molecule has 1 saturated carbocycles. The summed E-state index contributed by atoms with van der Waals surface area (Å²) in [6, 6.07) is 0. The lowest BCUT2D eigenvalue weighted by Crippen LogP contribution is -2.43. The lowest BCUT2D eigenvalue weighted by Gasteiger charge is -2.30. The molecule has 110 valence electrons. The third-order valence-corrected chi connectivity index (χ3v) is 4.10. The van der Waals surface area contributed by atoms with Crippen LogP contribution < -0.4 is 11.1 Å². The molecule has 1 fully saturated rings. The van der Waals surface area contributed by atoms with Crippen molar-refractivity contribution in [2.24, 2.45) is 17.1 Å². The Bertz CT molecular complexity index is 312. The standard InChI is InChI=1S/C14H26N2O3/c1-2-5-11(12(17)18)10-14(6-3-4-7-14)13(19)16-9-8-15/h11H,2-10,15H2,1H3,(H,16,19)(H,17,18). The summed E-state index contributed by atoms with van der Waals surface area (Å²) in [4.78, 5) is 23.6. The molecule has 1 aliphatic rings. The van der Waals surface area contributed by atoms with E-state index in [2.05, 4.69) is 5.32 Å². The average molecular weight is 270 g/mol. The van der Waals surface area contributed by atoms with Crippen molar-refractivity contribution >= 4 is 11.9 Å². The molecule has 5 heteroatoms. The first-order chi connectivity index (χ1) is 9.05. The molecule has 1 unspecified atom stereocenters. The van der Waals surface area contributed by atoms with E-state index in [1.807, 2.05) is 6.92 Å². The number of carbonyl (C=O) groups excluding carboxylic acids is 1. The summed E-state index contributed by atoms with van der Waals surface area (Å²) in [6.45, 7) is 2.86. The second-order valence-electron chi connectivity index (χ2n) is 5.56. The van der Waals surface area contributed by atoms with Gasteiger partial charge in [-0.2, -0.15) is 0 Å². The minimum atomic E-state index is -0.778. The molecule has 1 aliphatic carbocycles. The molecule has 0 aromatic heterocycles. The van der Waals surface area contributed by atoms with Gasteiger partial charge in [0.25, 0.3) is 0 Å². The van der Waals surface area contributed by atoms with Crippen LogP contribution in [0.15, 0.2) is 0 Å². The summed E-state index contributed by atoms with van der Waals surface area (Å²) in [5.41, 5.74) is 4.93. The Balaban J connectivity index is 2.74. The normalized spacial score (nSPS) is 19.1.